The second kappa shape index (κ2) is 15.4. The lowest BCUT2D eigenvalue weighted by molar-refractivity contribution is -0.903. The minimum atomic E-state index is 0.851. The van der Waals surface area contributed by atoms with E-state index in [1.807, 2.05) is 6.07 Å². The predicted octanol–water partition coefficient (Wildman–Crippen LogP) is 8.40. The lowest BCUT2D eigenvalue weighted by atomic mass is 10.0. The monoisotopic (exact) mass is 394 g/mol. The van der Waals surface area contributed by atoms with Gasteiger partial charge in [0.2, 0.25) is 0 Å². The first-order valence-electron chi connectivity index (χ1n) is 11.6. The van der Waals surface area contributed by atoms with E-state index in [-0.39, 0.29) is 0 Å². The second-order valence-corrected chi connectivity index (χ2v) is 9.48. The Morgan fingerprint density at radius 1 is 0.704 bits per heavy atom. The number of benzene rings is 1. The van der Waals surface area contributed by atoms with Crippen LogP contribution in [0.4, 0.5) is 0 Å². The van der Waals surface area contributed by atoms with Crippen LogP contribution in [0.3, 0.4) is 0 Å². The zero-order valence-corrected chi connectivity index (χ0v) is 19.2. The van der Waals surface area contributed by atoms with Gasteiger partial charge in [-0.2, -0.15) is 0 Å². The fraction of sp³-hybridized carbons (Fsp3) is 0.760. The fourth-order valence-corrected chi connectivity index (χ4v) is 4.16. The molecule has 0 radical (unpaired) electrons. The fourth-order valence-electron chi connectivity index (χ4n) is 3.94. The van der Waals surface area contributed by atoms with E-state index in [9.17, 15) is 0 Å². The molecule has 0 aliphatic rings. The maximum Gasteiger partial charge on any atom is 0.104 e. The summed E-state index contributed by atoms with van der Waals surface area (Å²) < 4.78 is 1.05. The van der Waals surface area contributed by atoms with E-state index in [2.05, 4.69) is 39.2 Å². The van der Waals surface area contributed by atoms with Crippen LogP contribution in [-0.4, -0.2) is 25.1 Å². The van der Waals surface area contributed by atoms with Gasteiger partial charge >= 0.3 is 0 Å². The molecule has 0 spiro atoms. The molecule has 0 aliphatic carbocycles. The quantitative estimate of drug-likeness (QED) is 0.184. The second-order valence-electron chi connectivity index (χ2n) is 9.04. The summed E-state index contributed by atoms with van der Waals surface area (Å²) in [5.74, 6) is 0. The summed E-state index contributed by atoms with van der Waals surface area (Å²) in [6, 6.07) is 8.31. The molecule has 1 rings (SSSR count). The van der Waals surface area contributed by atoms with Crippen LogP contribution in [0.25, 0.3) is 0 Å². The molecule has 156 valence electrons. The van der Waals surface area contributed by atoms with E-state index >= 15 is 0 Å². The van der Waals surface area contributed by atoms with E-state index in [0.717, 1.165) is 16.1 Å². The number of hydrogen-bond acceptors (Lipinski definition) is 0. The summed E-state index contributed by atoms with van der Waals surface area (Å²) in [6.45, 7) is 4.62. The standard InChI is InChI=1S/C25H45ClN/c1-4-5-6-7-8-9-10-11-12-13-14-15-16-17-21-27(2,3)23-24-19-18-20-25(26)22-24/h18-20,22H,4-17,21,23H2,1-3H3/q+1. The summed E-state index contributed by atoms with van der Waals surface area (Å²) in [5.41, 5.74) is 1.35. The third-order valence-electron chi connectivity index (χ3n) is 5.62. The number of quaternary nitrogens is 1. The van der Waals surface area contributed by atoms with Crippen LogP contribution in [0.2, 0.25) is 5.02 Å². The number of rotatable bonds is 17. The zero-order chi connectivity index (χ0) is 19.8. The maximum absolute atomic E-state index is 6.11. The normalized spacial score (nSPS) is 11.9. The van der Waals surface area contributed by atoms with Crippen molar-refractivity contribution in [3.05, 3.63) is 34.9 Å². The van der Waals surface area contributed by atoms with Crippen molar-refractivity contribution in [2.24, 2.45) is 0 Å². The lowest BCUT2D eigenvalue weighted by Crippen LogP contribution is -2.39. The van der Waals surface area contributed by atoms with Crippen molar-refractivity contribution >= 4 is 11.6 Å². The topological polar surface area (TPSA) is 0 Å². The first kappa shape index (κ1) is 24.5. The van der Waals surface area contributed by atoms with E-state index in [1.54, 1.807) is 0 Å². The highest BCUT2D eigenvalue weighted by atomic mass is 35.5. The largest absolute Gasteiger partial charge is 0.325 e. The summed E-state index contributed by atoms with van der Waals surface area (Å²) in [7, 11) is 4.67. The Morgan fingerprint density at radius 2 is 1.19 bits per heavy atom. The minimum Gasteiger partial charge on any atom is -0.325 e. The maximum atomic E-state index is 6.11. The van der Waals surface area contributed by atoms with Gasteiger partial charge in [-0.15, -0.1) is 0 Å². The van der Waals surface area contributed by atoms with Crippen LogP contribution in [0.1, 0.15) is 102 Å². The Labute approximate surface area is 175 Å². The van der Waals surface area contributed by atoms with Gasteiger partial charge in [-0.05, 0) is 25.0 Å². The molecule has 1 nitrogen and oxygen atoms in total. The Bertz CT molecular complexity index is 469. The third kappa shape index (κ3) is 14.2. The Balaban J connectivity index is 1.92. The molecule has 2 heteroatoms. The van der Waals surface area contributed by atoms with Crippen molar-refractivity contribution in [3.63, 3.8) is 0 Å². The first-order chi connectivity index (χ1) is 13.0. The van der Waals surface area contributed by atoms with Gasteiger partial charge in [-0.3, -0.25) is 0 Å². The Hall–Kier alpha value is -0.530. The molecule has 0 amide bonds. The van der Waals surface area contributed by atoms with Gasteiger partial charge in [0.05, 0.1) is 20.6 Å². The van der Waals surface area contributed by atoms with Crippen LogP contribution in [0, 0.1) is 0 Å². The molecule has 0 N–H and O–H groups in total. The summed E-state index contributed by atoms with van der Waals surface area (Å²) in [5, 5.41) is 0.851. The predicted molar refractivity (Wildman–Crippen MR) is 122 cm³/mol. The number of halogens is 1. The summed E-state index contributed by atoms with van der Waals surface area (Å²) in [4.78, 5) is 0. The highest BCUT2D eigenvalue weighted by molar-refractivity contribution is 6.30. The van der Waals surface area contributed by atoms with Crippen LogP contribution in [0.15, 0.2) is 24.3 Å². The van der Waals surface area contributed by atoms with Crippen LogP contribution in [0.5, 0.6) is 0 Å². The summed E-state index contributed by atoms with van der Waals surface area (Å²) in [6.07, 6.45) is 20.0. The van der Waals surface area contributed by atoms with Crippen molar-refractivity contribution in [1.82, 2.24) is 0 Å². The molecule has 0 fully saturated rings. The first-order valence-corrected chi connectivity index (χ1v) is 12.0. The molecule has 0 unspecified atom stereocenters. The molecule has 0 saturated heterocycles. The van der Waals surface area contributed by atoms with E-state index < -0.39 is 0 Å². The van der Waals surface area contributed by atoms with E-state index in [4.69, 9.17) is 11.6 Å². The zero-order valence-electron chi connectivity index (χ0n) is 18.4. The number of hydrogen-bond donors (Lipinski definition) is 0. The van der Waals surface area contributed by atoms with Gasteiger partial charge in [0.15, 0.2) is 0 Å². The van der Waals surface area contributed by atoms with Crippen molar-refractivity contribution in [1.29, 1.82) is 0 Å². The Kier molecular flexibility index (Phi) is 14.0. The summed E-state index contributed by atoms with van der Waals surface area (Å²) >= 11 is 6.11. The molecule has 27 heavy (non-hydrogen) atoms. The van der Waals surface area contributed by atoms with Gasteiger partial charge in [-0.25, -0.2) is 0 Å². The molecule has 1 aromatic carbocycles. The smallest absolute Gasteiger partial charge is 0.104 e. The molecule has 0 saturated carbocycles. The van der Waals surface area contributed by atoms with Crippen molar-refractivity contribution < 1.29 is 4.48 Å². The molecular weight excluding hydrogens is 350 g/mol. The van der Waals surface area contributed by atoms with Gasteiger partial charge in [0.25, 0.3) is 0 Å². The van der Waals surface area contributed by atoms with Gasteiger partial charge in [-0.1, -0.05) is 108 Å². The van der Waals surface area contributed by atoms with E-state index in [0.29, 0.717) is 0 Å². The molecular formula is C25H45ClN+. The van der Waals surface area contributed by atoms with Crippen molar-refractivity contribution in [2.75, 3.05) is 20.6 Å². The highest BCUT2D eigenvalue weighted by Gasteiger charge is 2.15. The lowest BCUT2D eigenvalue weighted by Gasteiger charge is -2.30. The SMILES string of the molecule is CCCCCCCCCCCCCCCC[N+](C)(C)Cc1cccc(Cl)c1. The molecule has 0 atom stereocenters. The molecule has 1 aromatic rings. The molecule has 0 bridgehead atoms. The van der Waals surface area contributed by atoms with E-state index in [1.165, 1.54) is 102 Å². The molecule has 0 heterocycles. The average molecular weight is 395 g/mol. The van der Waals surface area contributed by atoms with Gasteiger partial charge < -0.3 is 4.48 Å². The Morgan fingerprint density at radius 3 is 1.67 bits per heavy atom. The number of unbranched alkanes of at least 4 members (excludes halogenated alkanes) is 13. The minimum absolute atomic E-state index is 0.851. The van der Waals surface area contributed by atoms with Crippen molar-refractivity contribution in [2.45, 2.75) is 103 Å². The highest BCUT2D eigenvalue weighted by Crippen LogP contribution is 2.17. The van der Waals surface area contributed by atoms with Crippen LogP contribution < -0.4 is 0 Å². The molecule has 0 aromatic heterocycles. The average Bonchev–Trinajstić information content (AvgIpc) is 2.61. The molecule has 0 aliphatic heterocycles. The van der Waals surface area contributed by atoms with Crippen LogP contribution in [-0.2, 0) is 6.54 Å². The van der Waals surface area contributed by atoms with Gasteiger partial charge in [0, 0.05) is 10.6 Å². The number of nitrogens with zero attached hydrogens (tertiary/aromatic N) is 1. The third-order valence-corrected chi connectivity index (χ3v) is 5.85. The van der Waals surface area contributed by atoms with Crippen LogP contribution >= 0.6 is 11.6 Å². The van der Waals surface area contributed by atoms with Gasteiger partial charge in [0.1, 0.15) is 6.54 Å². The van der Waals surface area contributed by atoms with Crippen molar-refractivity contribution in [3.8, 4) is 0 Å².